The molecule has 0 aromatic carbocycles. The van der Waals surface area contributed by atoms with E-state index in [1.165, 1.54) is 0 Å². The highest BCUT2D eigenvalue weighted by Crippen LogP contribution is 2.31. The van der Waals surface area contributed by atoms with Crippen molar-refractivity contribution in [3.05, 3.63) is 11.5 Å². The number of imidazole rings is 1. The molecule has 2 atom stereocenters. The van der Waals surface area contributed by atoms with E-state index in [9.17, 15) is 0 Å². The van der Waals surface area contributed by atoms with Crippen molar-refractivity contribution in [2.45, 2.75) is 52.5 Å². The Morgan fingerprint density at radius 2 is 1.84 bits per heavy atom. The van der Waals surface area contributed by atoms with Crippen LogP contribution in [0.1, 0.15) is 57.1 Å². The van der Waals surface area contributed by atoms with E-state index >= 15 is 0 Å². The maximum absolute atomic E-state index is 6.31. The first-order valence-corrected chi connectivity index (χ1v) is 7.32. The topological polar surface area (TPSA) is 35.6 Å². The van der Waals surface area contributed by atoms with Gasteiger partial charge < -0.3 is 4.57 Å². The average molecular weight is 283 g/mol. The first-order chi connectivity index (χ1) is 8.82. The summed E-state index contributed by atoms with van der Waals surface area (Å²) in [5.41, 5.74) is 3.01. The van der Waals surface area contributed by atoms with E-state index in [-0.39, 0.29) is 5.38 Å². The summed E-state index contributed by atoms with van der Waals surface area (Å²) in [5.74, 6) is 1.58. The van der Waals surface area contributed by atoms with Crippen LogP contribution in [0.2, 0.25) is 0 Å². The fourth-order valence-corrected chi connectivity index (χ4v) is 2.97. The van der Waals surface area contributed by atoms with Crippen LogP contribution in [0.5, 0.6) is 0 Å². The summed E-state index contributed by atoms with van der Waals surface area (Å²) in [4.78, 5) is 4.71. The molecule has 0 fully saturated rings. The number of nitrogens with zero attached hydrogens (tertiary/aromatic N) is 4. The van der Waals surface area contributed by atoms with E-state index < -0.39 is 0 Å². The van der Waals surface area contributed by atoms with Gasteiger partial charge in [0.2, 0.25) is 0 Å². The lowest BCUT2D eigenvalue weighted by Crippen LogP contribution is -2.14. The standard InChI is InChI=1S/C14H23ClN4/c1-8(2)7-9(3)19-13(10(4)15)16-12-11(5)17-18(6)14(12)19/h8-10H,7H2,1-6H3. The largest absolute Gasteiger partial charge is 0.309 e. The van der Waals surface area contributed by atoms with Crippen LogP contribution in [-0.2, 0) is 7.05 Å². The second kappa shape index (κ2) is 5.16. The quantitative estimate of drug-likeness (QED) is 0.795. The second-order valence-corrected chi connectivity index (χ2v) is 6.47. The molecule has 0 amide bonds. The summed E-state index contributed by atoms with van der Waals surface area (Å²) < 4.78 is 4.17. The summed E-state index contributed by atoms with van der Waals surface area (Å²) in [6.07, 6.45) is 1.10. The molecule has 0 aliphatic heterocycles. The predicted molar refractivity (Wildman–Crippen MR) is 79.7 cm³/mol. The molecule has 2 unspecified atom stereocenters. The van der Waals surface area contributed by atoms with Gasteiger partial charge in [-0.05, 0) is 33.1 Å². The molecule has 4 nitrogen and oxygen atoms in total. The zero-order chi connectivity index (χ0) is 14.3. The van der Waals surface area contributed by atoms with Crippen molar-refractivity contribution < 1.29 is 0 Å². The minimum Gasteiger partial charge on any atom is -0.309 e. The predicted octanol–water partition coefficient (Wildman–Crippen LogP) is 3.99. The Morgan fingerprint density at radius 3 is 2.37 bits per heavy atom. The zero-order valence-corrected chi connectivity index (χ0v) is 13.4. The minimum absolute atomic E-state index is 0.0959. The number of hydrogen-bond donors (Lipinski definition) is 0. The van der Waals surface area contributed by atoms with Crippen molar-refractivity contribution in [3.8, 4) is 0 Å². The summed E-state index contributed by atoms with van der Waals surface area (Å²) in [6, 6.07) is 0.371. The molecule has 0 N–H and O–H groups in total. The minimum atomic E-state index is -0.0959. The number of alkyl halides is 1. The van der Waals surface area contributed by atoms with E-state index in [0.29, 0.717) is 12.0 Å². The Morgan fingerprint density at radius 1 is 1.21 bits per heavy atom. The molecule has 0 saturated heterocycles. The third-order valence-corrected chi connectivity index (χ3v) is 3.67. The molecule has 2 aromatic rings. The summed E-state index contributed by atoms with van der Waals surface area (Å²) in [5, 5.41) is 4.37. The maximum atomic E-state index is 6.31. The number of halogens is 1. The summed E-state index contributed by atoms with van der Waals surface area (Å²) in [6.45, 7) is 10.7. The molecule has 2 rings (SSSR count). The molecular formula is C14H23ClN4. The lowest BCUT2D eigenvalue weighted by molar-refractivity contribution is 0.420. The molecule has 0 radical (unpaired) electrons. The smallest absolute Gasteiger partial charge is 0.158 e. The van der Waals surface area contributed by atoms with Crippen molar-refractivity contribution in [2.24, 2.45) is 13.0 Å². The Bertz CT molecular complexity index is 580. The molecule has 19 heavy (non-hydrogen) atoms. The molecule has 0 saturated carbocycles. The fraction of sp³-hybridized carbons (Fsp3) is 0.714. The van der Waals surface area contributed by atoms with Crippen LogP contribution < -0.4 is 0 Å². The van der Waals surface area contributed by atoms with Gasteiger partial charge in [-0.3, -0.25) is 4.68 Å². The highest BCUT2D eigenvalue weighted by molar-refractivity contribution is 6.20. The lowest BCUT2D eigenvalue weighted by atomic mass is 10.0. The number of fused-ring (bicyclic) bond motifs is 1. The molecule has 2 aromatic heterocycles. The Balaban J connectivity index is 2.63. The number of hydrogen-bond acceptors (Lipinski definition) is 2. The highest BCUT2D eigenvalue weighted by Gasteiger charge is 2.23. The molecule has 2 heterocycles. The molecule has 5 heteroatoms. The van der Waals surface area contributed by atoms with Crippen LogP contribution in [0.15, 0.2) is 0 Å². The van der Waals surface area contributed by atoms with Gasteiger partial charge in [-0.2, -0.15) is 5.10 Å². The highest BCUT2D eigenvalue weighted by atomic mass is 35.5. The van der Waals surface area contributed by atoms with Gasteiger partial charge >= 0.3 is 0 Å². The van der Waals surface area contributed by atoms with Crippen LogP contribution in [0.3, 0.4) is 0 Å². The molecule has 106 valence electrons. The van der Waals surface area contributed by atoms with Crippen molar-refractivity contribution in [1.82, 2.24) is 19.3 Å². The lowest BCUT2D eigenvalue weighted by Gasteiger charge is -2.20. The van der Waals surface area contributed by atoms with Gasteiger partial charge in [0.15, 0.2) is 5.65 Å². The first kappa shape index (κ1) is 14.4. The van der Waals surface area contributed by atoms with Crippen LogP contribution in [0.4, 0.5) is 0 Å². The maximum Gasteiger partial charge on any atom is 0.158 e. The summed E-state index contributed by atoms with van der Waals surface area (Å²) in [7, 11) is 1.97. The SMILES string of the molecule is Cc1nn(C)c2c1nc(C(C)Cl)n2C(C)CC(C)C. The van der Waals surface area contributed by atoms with Gasteiger partial charge in [0.25, 0.3) is 0 Å². The van der Waals surface area contributed by atoms with Gasteiger partial charge in [-0.15, -0.1) is 11.6 Å². The van der Waals surface area contributed by atoms with Crippen LogP contribution in [0.25, 0.3) is 11.2 Å². The van der Waals surface area contributed by atoms with E-state index in [0.717, 1.165) is 29.1 Å². The molecule has 0 aliphatic rings. The normalized spacial score (nSPS) is 15.4. The van der Waals surface area contributed by atoms with E-state index in [1.54, 1.807) is 0 Å². The Labute approximate surface area is 119 Å². The Kier molecular flexibility index (Phi) is 3.90. The number of rotatable bonds is 4. The monoisotopic (exact) mass is 282 g/mol. The van der Waals surface area contributed by atoms with E-state index in [2.05, 4.69) is 30.4 Å². The number of aryl methyl sites for hydroxylation is 2. The van der Waals surface area contributed by atoms with Crippen LogP contribution >= 0.6 is 11.6 Å². The third-order valence-electron chi connectivity index (χ3n) is 3.47. The summed E-state index contributed by atoms with van der Waals surface area (Å²) >= 11 is 6.31. The Hall–Kier alpha value is -1.03. The number of aromatic nitrogens is 4. The van der Waals surface area contributed by atoms with Gasteiger partial charge in [0.1, 0.15) is 11.3 Å². The van der Waals surface area contributed by atoms with E-state index in [4.69, 9.17) is 16.6 Å². The van der Waals surface area contributed by atoms with Gasteiger partial charge in [-0.25, -0.2) is 4.98 Å². The average Bonchev–Trinajstić information content (AvgIpc) is 2.77. The van der Waals surface area contributed by atoms with Crippen molar-refractivity contribution in [3.63, 3.8) is 0 Å². The molecule has 0 spiro atoms. The second-order valence-electron chi connectivity index (χ2n) is 5.82. The van der Waals surface area contributed by atoms with Gasteiger partial charge in [0.05, 0.1) is 11.1 Å². The van der Waals surface area contributed by atoms with Crippen molar-refractivity contribution in [1.29, 1.82) is 0 Å². The van der Waals surface area contributed by atoms with Crippen LogP contribution in [-0.4, -0.2) is 19.3 Å². The molecule has 0 aliphatic carbocycles. The van der Waals surface area contributed by atoms with Crippen molar-refractivity contribution >= 4 is 22.8 Å². The van der Waals surface area contributed by atoms with E-state index in [1.807, 2.05) is 25.6 Å². The van der Waals surface area contributed by atoms with Crippen LogP contribution in [0, 0.1) is 12.8 Å². The zero-order valence-electron chi connectivity index (χ0n) is 12.6. The van der Waals surface area contributed by atoms with Crippen molar-refractivity contribution in [2.75, 3.05) is 0 Å². The van der Waals surface area contributed by atoms with Gasteiger partial charge in [-0.1, -0.05) is 13.8 Å². The first-order valence-electron chi connectivity index (χ1n) is 6.88. The molecule has 0 bridgehead atoms. The fourth-order valence-electron chi connectivity index (χ4n) is 2.82. The van der Waals surface area contributed by atoms with Gasteiger partial charge in [0, 0.05) is 13.1 Å². The third kappa shape index (κ3) is 2.50. The molecular weight excluding hydrogens is 260 g/mol.